The van der Waals surface area contributed by atoms with Crippen LogP contribution >= 0.6 is 11.6 Å². The normalized spacial score (nSPS) is 10.5. The van der Waals surface area contributed by atoms with Gasteiger partial charge in [0, 0.05) is 18.4 Å². The average Bonchev–Trinajstić information content (AvgIpc) is 2.50. The zero-order valence-electron chi connectivity index (χ0n) is 11.7. The van der Waals surface area contributed by atoms with Gasteiger partial charge in [-0.3, -0.25) is 0 Å². The Hall–Kier alpha value is -1.85. The zero-order valence-corrected chi connectivity index (χ0v) is 12.5. The third-order valence-electron chi connectivity index (χ3n) is 3.01. The van der Waals surface area contributed by atoms with E-state index in [4.69, 9.17) is 22.1 Å². The molecule has 0 bridgehead atoms. The number of hydrogen-bond donors (Lipinski definition) is 1. The highest BCUT2D eigenvalue weighted by Gasteiger charge is 2.15. The van der Waals surface area contributed by atoms with Gasteiger partial charge >= 0.3 is 0 Å². The Kier molecular flexibility index (Phi) is 5.36. The van der Waals surface area contributed by atoms with Crippen LogP contribution in [0, 0.1) is 5.82 Å². The monoisotopic (exact) mass is 309 g/mol. The van der Waals surface area contributed by atoms with Gasteiger partial charge in [0.05, 0.1) is 12.1 Å². The number of ether oxygens (including phenoxy) is 1. The van der Waals surface area contributed by atoms with Crippen LogP contribution in [0.25, 0.3) is 0 Å². The van der Waals surface area contributed by atoms with E-state index in [1.165, 1.54) is 12.3 Å². The largest absolute Gasteiger partial charge is 0.497 e. The van der Waals surface area contributed by atoms with Gasteiger partial charge in [-0.15, -0.1) is 0 Å². The molecule has 0 amide bonds. The Morgan fingerprint density at radius 2 is 2.05 bits per heavy atom. The van der Waals surface area contributed by atoms with Gasteiger partial charge in [0.15, 0.2) is 11.6 Å². The maximum Gasteiger partial charge on any atom is 0.169 e. The summed E-state index contributed by atoms with van der Waals surface area (Å²) in [6.07, 6.45) is 2.15. The Bertz CT molecular complexity index is 592. The van der Waals surface area contributed by atoms with Crippen molar-refractivity contribution in [2.45, 2.75) is 6.42 Å². The van der Waals surface area contributed by atoms with Crippen LogP contribution in [0.5, 0.6) is 5.75 Å². The van der Waals surface area contributed by atoms with Gasteiger partial charge in [-0.05, 0) is 43.3 Å². The lowest BCUT2D eigenvalue weighted by molar-refractivity contribution is 0.415. The van der Waals surface area contributed by atoms with E-state index in [2.05, 4.69) is 4.98 Å². The van der Waals surface area contributed by atoms with E-state index < -0.39 is 5.82 Å². The number of nitrogens with zero attached hydrogens (tertiary/aromatic N) is 2. The van der Waals surface area contributed by atoms with Crippen LogP contribution in [-0.2, 0) is 0 Å². The van der Waals surface area contributed by atoms with Crippen LogP contribution in [0.1, 0.15) is 6.42 Å². The van der Waals surface area contributed by atoms with Crippen molar-refractivity contribution in [1.29, 1.82) is 0 Å². The van der Waals surface area contributed by atoms with Crippen molar-refractivity contribution in [3.05, 3.63) is 47.4 Å². The van der Waals surface area contributed by atoms with Gasteiger partial charge in [0.2, 0.25) is 0 Å². The van der Waals surface area contributed by atoms with E-state index in [9.17, 15) is 4.39 Å². The first kappa shape index (κ1) is 15.5. The van der Waals surface area contributed by atoms with Crippen LogP contribution in [0.4, 0.5) is 15.9 Å². The number of benzene rings is 1. The minimum atomic E-state index is -0.463. The molecule has 0 saturated heterocycles. The average molecular weight is 310 g/mol. The molecule has 2 rings (SSSR count). The lowest BCUT2D eigenvalue weighted by atomic mass is 10.2. The minimum absolute atomic E-state index is 0.234. The number of halogens is 2. The Balaban J connectivity index is 2.36. The highest BCUT2D eigenvalue weighted by atomic mass is 35.5. The summed E-state index contributed by atoms with van der Waals surface area (Å²) in [5.74, 6) is 0.510. The van der Waals surface area contributed by atoms with Crippen LogP contribution in [0.15, 0.2) is 36.5 Å². The summed E-state index contributed by atoms with van der Waals surface area (Å²) in [7, 11) is 1.60. The molecule has 1 aromatic heterocycles. The molecule has 0 aliphatic rings. The zero-order chi connectivity index (χ0) is 15.2. The lowest BCUT2D eigenvalue weighted by Crippen LogP contribution is -2.23. The summed E-state index contributed by atoms with van der Waals surface area (Å²) in [5.41, 5.74) is 6.38. The number of rotatable bonds is 6. The molecule has 1 aromatic carbocycles. The first-order chi connectivity index (χ1) is 10.2. The smallest absolute Gasteiger partial charge is 0.169 e. The van der Waals surface area contributed by atoms with Gasteiger partial charge in [0.1, 0.15) is 5.75 Å². The van der Waals surface area contributed by atoms with Crippen molar-refractivity contribution in [3.8, 4) is 5.75 Å². The Morgan fingerprint density at radius 3 is 2.62 bits per heavy atom. The predicted octanol–water partition coefficient (Wildman–Crippen LogP) is 3.37. The van der Waals surface area contributed by atoms with Gasteiger partial charge in [-0.1, -0.05) is 11.6 Å². The van der Waals surface area contributed by atoms with E-state index >= 15 is 0 Å². The van der Waals surface area contributed by atoms with Gasteiger partial charge < -0.3 is 15.4 Å². The minimum Gasteiger partial charge on any atom is -0.497 e. The van der Waals surface area contributed by atoms with Gasteiger partial charge in [-0.25, -0.2) is 9.37 Å². The summed E-state index contributed by atoms with van der Waals surface area (Å²) >= 11 is 5.75. The summed E-state index contributed by atoms with van der Waals surface area (Å²) in [4.78, 5) is 5.87. The fraction of sp³-hybridized carbons (Fsp3) is 0.267. The van der Waals surface area contributed by atoms with Gasteiger partial charge in [0.25, 0.3) is 0 Å². The van der Waals surface area contributed by atoms with E-state index in [-0.39, 0.29) is 10.8 Å². The molecule has 0 aliphatic carbocycles. The molecule has 0 radical (unpaired) electrons. The highest BCUT2D eigenvalue weighted by molar-refractivity contribution is 6.30. The molecule has 6 heteroatoms. The standard InChI is InChI=1S/C15H17ClFN3O/c1-21-13-5-3-12(4-6-13)20(8-2-7-18)15-14(17)9-11(16)10-19-15/h3-6,9-10H,2,7-8,18H2,1H3. The van der Waals surface area contributed by atoms with Gasteiger partial charge in [-0.2, -0.15) is 0 Å². The molecular formula is C15H17ClFN3O. The predicted molar refractivity (Wildman–Crippen MR) is 82.9 cm³/mol. The van der Waals surface area contributed by atoms with Crippen LogP contribution in [-0.4, -0.2) is 25.2 Å². The first-order valence-electron chi connectivity index (χ1n) is 6.58. The summed E-state index contributed by atoms with van der Waals surface area (Å²) in [5, 5.41) is 0.268. The molecule has 0 unspecified atom stereocenters. The molecule has 0 spiro atoms. The third-order valence-corrected chi connectivity index (χ3v) is 3.22. The van der Waals surface area contributed by atoms with E-state index in [0.29, 0.717) is 13.1 Å². The van der Waals surface area contributed by atoms with Crippen LogP contribution in [0.3, 0.4) is 0 Å². The molecule has 0 fully saturated rings. The number of methoxy groups -OCH3 is 1. The topological polar surface area (TPSA) is 51.4 Å². The maximum absolute atomic E-state index is 14.1. The van der Waals surface area contributed by atoms with Crippen molar-refractivity contribution < 1.29 is 9.13 Å². The summed E-state index contributed by atoms with van der Waals surface area (Å²) < 4.78 is 19.2. The van der Waals surface area contributed by atoms with Crippen molar-refractivity contribution >= 4 is 23.1 Å². The number of nitrogens with two attached hydrogens (primary N) is 1. The second kappa shape index (κ2) is 7.24. The van der Waals surface area contributed by atoms with Crippen LogP contribution < -0.4 is 15.4 Å². The van der Waals surface area contributed by atoms with Crippen molar-refractivity contribution in [1.82, 2.24) is 4.98 Å². The summed E-state index contributed by atoms with van der Waals surface area (Å²) in [6, 6.07) is 8.59. The molecule has 1 heterocycles. The number of aromatic nitrogens is 1. The molecule has 0 aliphatic heterocycles. The lowest BCUT2D eigenvalue weighted by Gasteiger charge is -2.24. The van der Waals surface area contributed by atoms with Crippen LogP contribution in [0.2, 0.25) is 5.02 Å². The molecule has 0 saturated carbocycles. The second-order valence-corrected chi connectivity index (χ2v) is 4.89. The molecule has 112 valence electrons. The van der Waals surface area contributed by atoms with E-state index in [1.807, 2.05) is 24.3 Å². The maximum atomic E-state index is 14.1. The molecule has 21 heavy (non-hydrogen) atoms. The molecule has 2 aromatic rings. The van der Waals surface area contributed by atoms with Crippen molar-refractivity contribution in [2.75, 3.05) is 25.1 Å². The first-order valence-corrected chi connectivity index (χ1v) is 6.96. The number of hydrogen-bond acceptors (Lipinski definition) is 4. The Morgan fingerprint density at radius 1 is 1.33 bits per heavy atom. The van der Waals surface area contributed by atoms with Crippen molar-refractivity contribution in [3.63, 3.8) is 0 Å². The number of pyridine rings is 1. The molecule has 0 atom stereocenters. The third kappa shape index (κ3) is 3.83. The fourth-order valence-corrected chi connectivity index (χ4v) is 2.12. The SMILES string of the molecule is COc1ccc(N(CCCN)c2ncc(Cl)cc2F)cc1. The summed E-state index contributed by atoms with van der Waals surface area (Å²) in [6.45, 7) is 1.08. The van der Waals surface area contributed by atoms with E-state index in [1.54, 1.807) is 12.0 Å². The quantitative estimate of drug-likeness (QED) is 0.889. The Labute approximate surface area is 128 Å². The second-order valence-electron chi connectivity index (χ2n) is 4.45. The number of anilines is 2. The molecule has 4 nitrogen and oxygen atoms in total. The van der Waals surface area contributed by atoms with Crippen molar-refractivity contribution in [2.24, 2.45) is 5.73 Å². The molecule has 2 N–H and O–H groups in total. The highest BCUT2D eigenvalue weighted by Crippen LogP contribution is 2.28. The fourth-order valence-electron chi connectivity index (χ4n) is 1.97. The molecular weight excluding hydrogens is 293 g/mol. The van der Waals surface area contributed by atoms with E-state index in [0.717, 1.165) is 17.9 Å².